The zero-order chi connectivity index (χ0) is 21.7. The minimum atomic E-state index is -0.413. The van der Waals surface area contributed by atoms with Crippen molar-refractivity contribution >= 4 is 17.9 Å². The van der Waals surface area contributed by atoms with Crippen LogP contribution >= 0.6 is 0 Å². The van der Waals surface area contributed by atoms with Crippen molar-refractivity contribution < 1.29 is 14.3 Å². The van der Waals surface area contributed by atoms with Crippen LogP contribution in [0.2, 0.25) is 0 Å². The van der Waals surface area contributed by atoms with Crippen molar-refractivity contribution in [3.8, 4) is 11.5 Å². The number of carbonyl (C=O) groups is 1. The van der Waals surface area contributed by atoms with Crippen molar-refractivity contribution in [2.24, 2.45) is 5.10 Å². The monoisotopic (exact) mass is 415 g/mol. The molecule has 6 nitrogen and oxygen atoms in total. The van der Waals surface area contributed by atoms with E-state index in [1.807, 2.05) is 72.8 Å². The molecule has 2 amide bonds. The van der Waals surface area contributed by atoms with Crippen LogP contribution in [0, 0.1) is 0 Å². The molecule has 3 rings (SSSR count). The summed E-state index contributed by atoms with van der Waals surface area (Å²) in [4.78, 5) is 11.8. The zero-order valence-corrected chi connectivity index (χ0v) is 17.2. The second-order valence-corrected chi connectivity index (χ2v) is 6.56. The molecule has 0 bridgehead atoms. The number of allylic oxidation sites excluding steroid dienone is 1. The number of ether oxygens (including phenoxy) is 2. The Labute approximate surface area is 182 Å². The number of benzene rings is 3. The molecule has 0 aliphatic rings. The van der Waals surface area contributed by atoms with E-state index < -0.39 is 6.03 Å². The van der Waals surface area contributed by atoms with Crippen LogP contribution in [0.3, 0.4) is 0 Å². The smallest absolute Gasteiger partial charge is 0.339 e. The fraction of sp³-hybridized carbons (Fsp3) is 0.120. The number of nitrogens with one attached hydrogen (secondary N) is 2. The Balaban J connectivity index is 1.44. The van der Waals surface area contributed by atoms with Gasteiger partial charge in [-0.3, -0.25) is 0 Å². The lowest BCUT2D eigenvalue weighted by Gasteiger charge is -2.11. The Morgan fingerprint density at radius 2 is 1.71 bits per heavy atom. The molecule has 0 spiro atoms. The quantitative estimate of drug-likeness (QED) is 0.211. The molecule has 0 atom stereocenters. The number of para-hydroxylation sites is 2. The fourth-order valence-corrected chi connectivity index (χ4v) is 2.81. The van der Waals surface area contributed by atoms with E-state index in [9.17, 15) is 4.79 Å². The number of nitrogens with zero attached hydrogens (tertiary/aromatic N) is 1. The standard InChI is InChI=1S/C25H25N3O3/c1-2-9-21-11-6-7-15-24(21)31-17-16-30-23-14-8-10-20(18-23)19-26-28-25(29)27-22-12-4-3-5-13-22/h2-8,10-15,18-19H,1,9,16-17H2,(H2,27,28,29)/b26-19+. The molecule has 0 radical (unpaired) electrons. The number of anilines is 1. The number of hydrogen-bond donors (Lipinski definition) is 2. The highest BCUT2D eigenvalue weighted by atomic mass is 16.5. The van der Waals surface area contributed by atoms with Gasteiger partial charge in [0.05, 0.1) is 6.21 Å². The molecule has 0 saturated carbocycles. The van der Waals surface area contributed by atoms with Crippen molar-refractivity contribution in [1.29, 1.82) is 0 Å². The Morgan fingerprint density at radius 1 is 0.935 bits per heavy atom. The normalized spacial score (nSPS) is 10.5. The maximum atomic E-state index is 11.8. The number of rotatable bonds is 10. The van der Waals surface area contributed by atoms with Crippen LogP contribution in [-0.2, 0) is 6.42 Å². The van der Waals surface area contributed by atoms with Gasteiger partial charge in [0.2, 0.25) is 0 Å². The summed E-state index contributed by atoms with van der Waals surface area (Å²) < 4.78 is 11.6. The van der Waals surface area contributed by atoms with Gasteiger partial charge < -0.3 is 14.8 Å². The predicted molar refractivity (Wildman–Crippen MR) is 124 cm³/mol. The fourth-order valence-electron chi connectivity index (χ4n) is 2.81. The van der Waals surface area contributed by atoms with Gasteiger partial charge in [-0.1, -0.05) is 54.6 Å². The molecule has 3 aromatic rings. The van der Waals surface area contributed by atoms with E-state index in [-0.39, 0.29) is 0 Å². The maximum Gasteiger partial charge on any atom is 0.339 e. The minimum absolute atomic E-state index is 0.404. The zero-order valence-electron chi connectivity index (χ0n) is 17.2. The first-order valence-electron chi connectivity index (χ1n) is 9.94. The van der Waals surface area contributed by atoms with E-state index in [0.717, 1.165) is 23.3 Å². The molecule has 6 heteroatoms. The van der Waals surface area contributed by atoms with Gasteiger partial charge in [-0.05, 0) is 47.9 Å². The predicted octanol–water partition coefficient (Wildman–Crippen LogP) is 5.03. The second kappa shape index (κ2) is 11.8. The van der Waals surface area contributed by atoms with Crippen LogP contribution in [0.15, 0.2) is 96.6 Å². The van der Waals surface area contributed by atoms with Crippen molar-refractivity contribution in [3.05, 3.63) is 103 Å². The van der Waals surface area contributed by atoms with E-state index in [1.165, 1.54) is 0 Å². The van der Waals surface area contributed by atoms with Crippen molar-refractivity contribution in [1.82, 2.24) is 5.43 Å². The molecule has 31 heavy (non-hydrogen) atoms. The van der Waals surface area contributed by atoms with Crippen LogP contribution in [0.1, 0.15) is 11.1 Å². The largest absolute Gasteiger partial charge is 0.490 e. The molecule has 158 valence electrons. The molecule has 0 unspecified atom stereocenters. The number of carbonyl (C=O) groups excluding carboxylic acids is 1. The van der Waals surface area contributed by atoms with Gasteiger partial charge in [0, 0.05) is 5.69 Å². The van der Waals surface area contributed by atoms with Crippen LogP contribution < -0.4 is 20.2 Å². The van der Waals surface area contributed by atoms with Crippen molar-refractivity contribution in [2.45, 2.75) is 6.42 Å². The highest BCUT2D eigenvalue weighted by molar-refractivity contribution is 5.90. The number of amides is 2. The van der Waals surface area contributed by atoms with Gasteiger partial charge in [-0.15, -0.1) is 6.58 Å². The third-order valence-corrected chi connectivity index (χ3v) is 4.22. The summed E-state index contributed by atoms with van der Waals surface area (Å²) >= 11 is 0. The maximum absolute atomic E-state index is 11.8. The number of urea groups is 1. The molecule has 0 aromatic heterocycles. The number of hydrazone groups is 1. The van der Waals surface area contributed by atoms with Gasteiger partial charge in [-0.25, -0.2) is 10.2 Å². The molecular weight excluding hydrogens is 390 g/mol. The van der Waals surface area contributed by atoms with Crippen LogP contribution in [0.5, 0.6) is 11.5 Å². The Kier molecular flexibility index (Phi) is 8.26. The topological polar surface area (TPSA) is 72.0 Å². The van der Waals surface area contributed by atoms with Crippen LogP contribution in [0.25, 0.3) is 0 Å². The van der Waals surface area contributed by atoms with Crippen LogP contribution in [-0.4, -0.2) is 25.5 Å². The van der Waals surface area contributed by atoms with Crippen molar-refractivity contribution in [2.75, 3.05) is 18.5 Å². The van der Waals surface area contributed by atoms with E-state index >= 15 is 0 Å². The number of hydrogen-bond acceptors (Lipinski definition) is 4. The first kappa shape index (κ1) is 21.6. The Bertz CT molecular complexity index is 1020. The summed E-state index contributed by atoms with van der Waals surface area (Å²) in [7, 11) is 0. The molecule has 0 saturated heterocycles. The van der Waals surface area contributed by atoms with E-state index in [2.05, 4.69) is 22.4 Å². The molecule has 0 heterocycles. The van der Waals surface area contributed by atoms with Gasteiger partial charge in [0.15, 0.2) is 0 Å². The lowest BCUT2D eigenvalue weighted by molar-refractivity contribution is 0.216. The molecule has 3 aromatic carbocycles. The van der Waals surface area contributed by atoms with Gasteiger partial charge in [-0.2, -0.15) is 5.10 Å². The van der Waals surface area contributed by atoms with Gasteiger partial charge in [0.1, 0.15) is 24.7 Å². The second-order valence-electron chi connectivity index (χ2n) is 6.56. The van der Waals surface area contributed by atoms with Gasteiger partial charge in [0.25, 0.3) is 0 Å². The summed E-state index contributed by atoms with van der Waals surface area (Å²) in [5, 5.41) is 6.66. The van der Waals surface area contributed by atoms with Crippen LogP contribution in [0.4, 0.5) is 10.5 Å². The van der Waals surface area contributed by atoms with Gasteiger partial charge >= 0.3 is 6.03 Å². The summed E-state index contributed by atoms with van der Waals surface area (Å²) in [6.07, 6.45) is 4.17. The first-order chi connectivity index (χ1) is 15.2. The Morgan fingerprint density at radius 3 is 2.55 bits per heavy atom. The Hall–Kier alpha value is -4.06. The third kappa shape index (κ3) is 7.36. The summed E-state index contributed by atoms with van der Waals surface area (Å²) in [5.74, 6) is 1.53. The molecule has 0 aliphatic heterocycles. The summed E-state index contributed by atoms with van der Waals surface area (Å²) in [6, 6.07) is 24.1. The average molecular weight is 415 g/mol. The molecule has 0 fully saturated rings. The highest BCUT2D eigenvalue weighted by Crippen LogP contribution is 2.19. The summed E-state index contributed by atoms with van der Waals surface area (Å²) in [5.41, 5.74) is 5.03. The van der Waals surface area contributed by atoms with E-state index in [0.29, 0.717) is 24.7 Å². The molecular formula is C25H25N3O3. The third-order valence-electron chi connectivity index (χ3n) is 4.22. The van der Waals surface area contributed by atoms with Crippen molar-refractivity contribution in [3.63, 3.8) is 0 Å². The first-order valence-corrected chi connectivity index (χ1v) is 9.94. The van der Waals surface area contributed by atoms with E-state index in [1.54, 1.807) is 18.3 Å². The lowest BCUT2D eigenvalue weighted by Crippen LogP contribution is -2.24. The summed E-state index contributed by atoms with van der Waals surface area (Å²) in [6.45, 7) is 4.60. The SMILES string of the molecule is C=CCc1ccccc1OCCOc1cccc(/C=N/NC(=O)Nc2ccccc2)c1. The molecule has 0 aliphatic carbocycles. The van der Waals surface area contributed by atoms with E-state index in [4.69, 9.17) is 9.47 Å². The highest BCUT2D eigenvalue weighted by Gasteiger charge is 2.02. The lowest BCUT2D eigenvalue weighted by atomic mass is 10.1. The molecule has 2 N–H and O–H groups in total. The average Bonchev–Trinajstić information content (AvgIpc) is 2.79. The minimum Gasteiger partial charge on any atom is -0.490 e.